The van der Waals surface area contributed by atoms with Crippen LogP contribution >= 0.6 is 0 Å². The molecule has 4 heterocycles. The van der Waals surface area contributed by atoms with Crippen molar-refractivity contribution in [2.75, 3.05) is 36.0 Å². The van der Waals surface area contributed by atoms with Gasteiger partial charge in [0.2, 0.25) is 0 Å². The van der Waals surface area contributed by atoms with Crippen LogP contribution in [0.1, 0.15) is 11.1 Å². The molecule has 0 N–H and O–H groups in total. The van der Waals surface area contributed by atoms with E-state index in [1.165, 1.54) is 16.8 Å². The first-order chi connectivity index (χ1) is 16.0. The van der Waals surface area contributed by atoms with Gasteiger partial charge in [0.25, 0.3) is 0 Å². The predicted octanol–water partition coefficient (Wildman–Crippen LogP) is 4.01. The number of pyridine rings is 1. The van der Waals surface area contributed by atoms with E-state index in [0.29, 0.717) is 54.5 Å². The molecule has 10 heteroatoms. The number of alkyl halides is 3. The zero-order chi connectivity index (χ0) is 23.0. The SMILES string of the molecule is N#Cc1c(N2CCN(c3ccccn3)CC2)nn2c(-c3cccc(C(F)(F)F)c3)ccnc12. The summed E-state index contributed by atoms with van der Waals surface area (Å²) in [5.41, 5.74) is 0.643. The number of hydrogen-bond donors (Lipinski definition) is 0. The highest BCUT2D eigenvalue weighted by atomic mass is 19.4. The van der Waals surface area contributed by atoms with E-state index in [2.05, 4.69) is 26.0 Å². The number of nitrogens with zero attached hydrogens (tertiary/aromatic N) is 7. The van der Waals surface area contributed by atoms with E-state index in [1.807, 2.05) is 23.1 Å². The van der Waals surface area contributed by atoms with Crippen LogP contribution in [0.4, 0.5) is 24.8 Å². The van der Waals surface area contributed by atoms with Gasteiger partial charge in [0.1, 0.15) is 17.5 Å². The second-order valence-corrected chi connectivity index (χ2v) is 7.62. The molecule has 166 valence electrons. The lowest BCUT2D eigenvalue weighted by Gasteiger charge is -2.35. The van der Waals surface area contributed by atoms with Crippen molar-refractivity contribution < 1.29 is 13.2 Å². The van der Waals surface area contributed by atoms with Gasteiger partial charge in [0, 0.05) is 44.1 Å². The van der Waals surface area contributed by atoms with Crippen LogP contribution in [-0.2, 0) is 6.18 Å². The Morgan fingerprint density at radius 1 is 0.879 bits per heavy atom. The Balaban J connectivity index is 1.50. The molecule has 5 rings (SSSR count). The lowest BCUT2D eigenvalue weighted by Crippen LogP contribution is -2.47. The van der Waals surface area contributed by atoms with Crippen molar-refractivity contribution in [2.24, 2.45) is 0 Å². The van der Waals surface area contributed by atoms with Crippen molar-refractivity contribution in [3.05, 3.63) is 72.1 Å². The molecule has 1 saturated heterocycles. The Bertz CT molecular complexity index is 1330. The van der Waals surface area contributed by atoms with Gasteiger partial charge in [-0.25, -0.2) is 14.5 Å². The van der Waals surface area contributed by atoms with Crippen LogP contribution < -0.4 is 9.80 Å². The number of aromatic nitrogens is 4. The quantitative estimate of drug-likeness (QED) is 0.471. The number of benzene rings is 1. The normalized spacial score (nSPS) is 14.5. The smallest absolute Gasteiger partial charge is 0.353 e. The van der Waals surface area contributed by atoms with Crippen molar-refractivity contribution >= 4 is 17.3 Å². The highest BCUT2D eigenvalue weighted by Gasteiger charge is 2.31. The number of fused-ring (bicyclic) bond motifs is 1. The molecule has 0 unspecified atom stereocenters. The van der Waals surface area contributed by atoms with Crippen molar-refractivity contribution in [3.63, 3.8) is 0 Å². The second kappa shape index (κ2) is 8.09. The largest absolute Gasteiger partial charge is 0.416 e. The predicted molar refractivity (Wildman–Crippen MR) is 117 cm³/mol. The van der Waals surface area contributed by atoms with Crippen molar-refractivity contribution in [1.29, 1.82) is 5.26 Å². The molecule has 4 aromatic rings. The highest BCUT2D eigenvalue weighted by Crippen LogP contribution is 2.33. The van der Waals surface area contributed by atoms with Gasteiger partial charge in [-0.15, -0.1) is 5.10 Å². The monoisotopic (exact) mass is 449 g/mol. The molecule has 0 bridgehead atoms. The van der Waals surface area contributed by atoms with Gasteiger partial charge in [-0.2, -0.15) is 18.4 Å². The Morgan fingerprint density at radius 2 is 1.67 bits per heavy atom. The van der Waals surface area contributed by atoms with E-state index in [9.17, 15) is 18.4 Å². The molecule has 0 radical (unpaired) electrons. The molecule has 33 heavy (non-hydrogen) atoms. The van der Waals surface area contributed by atoms with Gasteiger partial charge < -0.3 is 9.80 Å². The van der Waals surface area contributed by atoms with Crippen molar-refractivity contribution in [3.8, 4) is 17.3 Å². The van der Waals surface area contributed by atoms with E-state index in [-0.39, 0.29) is 0 Å². The minimum atomic E-state index is -4.46. The summed E-state index contributed by atoms with van der Waals surface area (Å²) >= 11 is 0. The van der Waals surface area contributed by atoms with Crippen LogP contribution in [0.25, 0.3) is 16.9 Å². The highest BCUT2D eigenvalue weighted by molar-refractivity contribution is 5.73. The van der Waals surface area contributed by atoms with Gasteiger partial charge in [-0.1, -0.05) is 18.2 Å². The van der Waals surface area contributed by atoms with Gasteiger partial charge in [-0.3, -0.25) is 0 Å². The summed E-state index contributed by atoms with van der Waals surface area (Å²) < 4.78 is 41.1. The van der Waals surface area contributed by atoms with E-state index in [0.717, 1.165) is 18.0 Å². The minimum absolute atomic E-state index is 0.301. The molecule has 1 aliphatic heterocycles. The summed E-state index contributed by atoms with van der Waals surface area (Å²) in [5, 5.41) is 14.5. The molecular formula is C23H18F3N7. The Kier molecular flexibility index (Phi) is 5.09. The average molecular weight is 449 g/mol. The fraction of sp³-hybridized carbons (Fsp3) is 0.217. The van der Waals surface area contributed by atoms with Gasteiger partial charge in [0.15, 0.2) is 11.5 Å². The molecule has 1 aliphatic rings. The maximum Gasteiger partial charge on any atom is 0.416 e. The number of halogens is 3. The van der Waals surface area contributed by atoms with Crippen LogP contribution in [0.5, 0.6) is 0 Å². The maximum absolute atomic E-state index is 13.2. The standard InChI is InChI=1S/C23H18F3N7/c24-23(25,26)17-5-3-4-16(14-17)19-7-9-29-21-18(15-27)22(30-33(19)21)32-12-10-31(11-13-32)20-6-1-2-8-28-20/h1-9,14H,10-13H2. The molecule has 0 aliphatic carbocycles. The van der Waals surface area contributed by atoms with Crippen molar-refractivity contribution in [2.45, 2.75) is 6.18 Å². The van der Waals surface area contributed by atoms with Crippen LogP contribution in [-0.4, -0.2) is 45.8 Å². The molecule has 0 amide bonds. The molecule has 3 aromatic heterocycles. The number of hydrogen-bond acceptors (Lipinski definition) is 6. The molecular weight excluding hydrogens is 431 g/mol. The third-order valence-electron chi connectivity index (χ3n) is 5.65. The first-order valence-corrected chi connectivity index (χ1v) is 10.3. The van der Waals surface area contributed by atoms with Crippen LogP contribution in [0.3, 0.4) is 0 Å². The second-order valence-electron chi connectivity index (χ2n) is 7.62. The summed E-state index contributed by atoms with van der Waals surface area (Å²) in [7, 11) is 0. The number of nitriles is 1. The van der Waals surface area contributed by atoms with Gasteiger partial charge in [0.05, 0.1) is 11.3 Å². The summed E-state index contributed by atoms with van der Waals surface area (Å²) in [5.74, 6) is 1.37. The molecule has 0 atom stereocenters. The molecule has 1 fully saturated rings. The maximum atomic E-state index is 13.2. The zero-order valence-electron chi connectivity index (χ0n) is 17.4. The first-order valence-electron chi connectivity index (χ1n) is 10.3. The topological polar surface area (TPSA) is 73.4 Å². The summed E-state index contributed by atoms with van der Waals surface area (Å²) in [6, 6.07) is 14.6. The van der Waals surface area contributed by atoms with E-state index < -0.39 is 11.7 Å². The minimum Gasteiger partial charge on any atom is -0.353 e. The van der Waals surface area contributed by atoms with E-state index in [1.54, 1.807) is 18.3 Å². The zero-order valence-corrected chi connectivity index (χ0v) is 17.4. The van der Waals surface area contributed by atoms with E-state index >= 15 is 0 Å². The lowest BCUT2D eigenvalue weighted by molar-refractivity contribution is -0.137. The van der Waals surface area contributed by atoms with E-state index in [4.69, 9.17) is 0 Å². The molecule has 7 nitrogen and oxygen atoms in total. The van der Waals surface area contributed by atoms with Gasteiger partial charge in [-0.05, 0) is 30.3 Å². The third kappa shape index (κ3) is 3.82. The van der Waals surface area contributed by atoms with Crippen LogP contribution in [0.15, 0.2) is 60.9 Å². The molecule has 0 saturated carbocycles. The Hall–Kier alpha value is -4.13. The van der Waals surface area contributed by atoms with Crippen LogP contribution in [0, 0.1) is 11.3 Å². The Labute approximate surface area is 187 Å². The average Bonchev–Trinajstić information content (AvgIpc) is 3.23. The number of piperazine rings is 1. The summed E-state index contributed by atoms with van der Waals surface area (Å²) in [6.07, 6.45) is -1.22. The van der Waals surface area contributed by atoms with Crippen LogP contribution in [0.2, 0.25) is 0 Å². The Morgan fingerprint density at radius 3 is 2.36 bits per heavy atom. The summed E-state index contributed by atoms with van der Waals surface area (Å²) in [4.78, 5) is 12.8. The fourth-order valence-electron chi connectivity index (χ4n) is 4.02. The first kappa shape index (κ1) is 20.8. The van der Waals surface area contributed by atoms with Gasteiger partial charge >= 0.3 is 6.18 Å². The lowest BCUT2D eigenvalue weighted by atomic mass is 10.1. The fourth-order valence-corrected chi connectivity index (χ4v) is 4.02. The van der Waals surface area contributed by atoms with Crippen molar-refractivity contribution in [1.82, 2.24) is 19.6 Å². The molecule has 0 spiro atoms. The number of rotatable bonds is 3. The molecule has 1 aromatic carbocycles. The summed E-state index contributed by atoms with van der Waals surface area (Å²) in [6.45, 7) is 2.63. The number of anilines is 2. The third-order valence-corrected chi connectivity index (χ3v) is 5.65.